The first-order valence-electron chi connectivity index (χ1n) is 10.8. The molecule has 0 bridgehead atoms. The Balaban J connectivity index is 1.68. The van der Waals surface area contributed by atoms with E-state index < -0.39 is 23.7 Å². The maximum absolute atomic E-state index is 13.4. The molecule has 4 rings (SSSR count). The molecule has 0 spiro atoms. The third-order valence-corrected chi connectivity index (χ3v) is 7.02. The fraction of sp³-hybridized carbons (Fsp3) is 0.250. The quantitative estimate of drug-likeness (QED) is 0.442. The van der Waals surface area contributed by atoms with E-state index in [9.17, 15) is 27.6 Å². The monoisotopic (exact) mass is 580 g/mol. The predicted molar refractivity (Wildman–Crippen MR) is 133 cm³/mol. The lowest BCUT2D eigenvalue weighted by atomic mass is 9.98. The normalized spacial score (nSPS) is 15.4. The molecular weight excluding hydrogens is 561 g/mol. The number of halogens is 4. The fourth-order valence-electron chi connectivity index (χ4n) is 4.15. The number of carbonyl (C=O) groups excluding carboxylic acids is 2. The summed E-state index contributed by atoms with van der Waals surface area (Å²) in [6, 6.07) is 9.25. The van der Waals surface area contributed by atoms with Crippen LogP contribution in [0.1, 0.15) is 44.5 Å². The molecule has 12 heteroatoms. The number of carbonyl (C=O) groups is 2. The predicted octanol–water partition coefficient (Wildman–Crippen LogP) is 4.62. The molecule has 1 aliphatic heterocycles. The first kappa shape index (κ1) is 25.8. The molecule has 2 amide bonds. The van der Waals surface area contributed by atoms with Crippen molar-refractivity contribution in [2.75, 3.05) is 7.05 Å². The fourth-order valence-corrected chi connectivity index (χ4v) is 4.93. The summed E-state index contributed by atoms with van der Waals surface area (Å²) in [6.07, 6.45) is -4.44. The van der Waals surface area contributed by atoms with Gasteiger partial charge in [-0.3, -0.25) is 19.0 Å². The molecule has 0 unspecified atom stereocenters. The Hall–Kier alpha value is -3.25. The lowest BCUT2D eigenvalue weighted by molar-refractivity contribution is -0.138. The second-order valence-corrected chi connectivity index (χ2v) is 9.57. The van der Waals surface area contributed by atoms with Gasteiger partial charge in [0, 0.05) is 39.9 Å². The van der Waals surface area contributed by atoms with Crippen molar-refractivity contribution in [1.29, 1.82) is 0 Å². The Labute approximate surface area is 217 Å². The lowest BCUT2D eigenvalue weighted by Gasteiger charge is -2.34. The molecule has 0 aliphatic carbocycles. The third kappa shape index (κ3) is 4.74. The van der Waals surface area contributed by atoms with E-state index in [4.69, 9.17) is 12.2 Å². The van der Waals surface area contributed by atoms with Gasteiger partial charge >= 0.3 is 6.18 Å². The minimum Gasteiger partial charge on any atom is -0.355 e. The molecule has 188 valence electrons. The number of nitrogens with zero attached hydrogens (tertiary/aromatic N) is 2. The Bertz CT molecular complexity index is 1480. The number of aromatic nitrogens is 2. The van der Waals surface area contributed by atoms with Crippen LogP contribution in [-0.4, -0.2) is 39.4 Å². The number of nitrogens with one attached hydrogen (secondary N) is 2. The summed E-state index contributed by atoms with van der Waals surface area (Å²) < 4.78 is 41.2. The first-order chi connectivity index (χ1) is 16.9. The molecule has 1 atom stereocenters. The zero-order valence-electron chi connectivity index (χ0n) is 19.1. The molecule has 2 aromatic carbocycles. The summed E-state index contributed by atoms with van der Waals surface area (Å²) in [4.78, 5) is 42.7. The minimum atomic E-state index is -4.62. The van der Waals surface area contributed by atoms with Gasteiger partial charge in [0.25, 0.3) is 17.4 Å². The van der Waals surface area contributed by atoms with E-state index in [1.165, 1.54) is 28.6 Å². The van der Waals surface area contributed by atoms with Gasteiger partial charge < -0.3 is 15.2 Å². The average molecular weight is 581 g/mol. The molecule has 2 heterocycles. The van der Waals surface area contributed by atoms with Crippen LogP contribution in [-0.2, 0) is 19.1 Å². The van der Waals surface area contributed by atoms with Crippen molar-refractivity contribution >= 4 is 40.0 Å². The maximum Gasteiger partial charge on any atom is 0.417 e. The van der Waals surface area contributed by atoms with E-state index in [0.29, 0.717) is 22.5 Å². The van der Waals surface area contributed by atoms with Gasteiger partial charge in [0.1, 0.15) is 0 Å². The number of hydrogen-bond acceptors (Lipinski definition) is 4. The standard InChI is InChI=1S/C24H20BrF3N4O3S/c1-12-9-16-19(11-31(12)21(34)14-5-8-18(25)17(10-14)24(26,27)28)30-23(36)32(22(16)35)15-6-3-13(4-7-15)20(33)29-2/h3-8,10,12H,9,11H2,1-2H3,(H,29,33)(H,30,36)/t12-/m1/s1. The number of H-pyrrole nitrogens is 1. The van der Waals surface area contributed by atoms with Gasteiger partial charge in [-0.25, -0.2) is 0 Å². The summed E-state index contributed by atoms with van der Waals surface area (Å²) in [7, 11) is 1.52. The van der Waals surface area contributed by atoms with Crippen LogP contribution in [0, 0.1) is 4.77 Å². The Morgan fingerprint density at radius 1 is 1.14 bits per heavy atom. The van der Waals surface area contributed by atoms with Crippen LogP contribution in [0.5, 0.6) is 0 Å². The largest absolute Gasteiger partial charge is 0.417 e. The zero-order chi connectivity index (χ0) is 26.4. The van der Waals surface area contributed by atoms with E-state index in [1.807, 2.05) is 0 Å². The third-order valence-electron chi connectivity index (χ3n) is 6.04. The molecular formula is C24H20BrF3N4O3S. The second-order valence-electron chi connectivity index (χ2n) is 8.33. The highest BCUT2D eigenvalue weighted by Gasteiger charge is 2.35. The molecule has 7 nitrogen and oxygen atoms in total. The molecule has 3 aromatic rings. The first-order valence-corrected chi connectivity index (χ1v) is 12.0. The topological polar surface area (TPSA) is 87.2 Å². The highest BCUT2D eigenvalue weighted by atomic mass is 79.9. The maximum atomic E-state index is 13.4. The summed E-state index contributed by atoms with van der Waals surface area (Å²) in [5.41, 5.74) is 0.351. The smallest absolute Gasteiger partial charge is 0.355 e. The molecule has 0 radical (unpaired) electrons. The van der Waals surface area contributed by atoms with E-state index in [1.54, 1.807) is 31.2 Å². The van der Waals surface area contributed by atoms with Crippen LogP contribution in [0.15, 0.2) is 51.7 Å². The molecule has 36 heavy (non-hydrogen) atoms. The number of amides is 2. The summed E-state index contributed by atoms with van der Waals surface area (Å²) in [6.45, 7) is 1.72. The highest BCUT2D eigenvalue weighted by Crippen LogP contribution is 2.36. The SMILES string of the molecule is CNC(=O)c1ccc(-n2c(=S)[nH]c3c(c2=O)C[C@@H](C)N(C(=O)c2ccc(Br)c(C(F)(F)F)c2)C3)cc1. The highest BCUT2D eigenvalue weighted by molar-refractivity contribution is 9.10. The molecule has 0 saturated carbocycles. The van der Waals surface area contributed by atoms with Crippen LogP contribution >= 0.6 is 28.1 Å². The van der Waals surface area contributed by atoms with Gasteiger partial charge in [0.2, 0.25) is 0 Å². The summed E-state index contributed by atoms with van der Waals surface area (Å²) in [5.74, 6) is -0.851. The number of alkyl halides is 3. The van der Waals surface area contributed by atoms with E-state index in [2.05, 4.69) is 26.2 Å². The molecule has 1 aromatic heterocycles. The molecule has 1 aliphatic rings. The number of rotatable bonds is 3. The average Bonchev–Trinajstić information content (AvgIpc) is 2.83. The van der Waals surface area contributed by atoms with Gasteiger partial charge in [0.15, 0.2) is 4.77 Å². The Morgan fingerprint density at radius 3 is 2.39 bits per heavy atom. The van der Waals surface area contributed by atoms with Crippen LogP contribution in [0.3, 0.4) is 0 Å². The van der Waals surface area contributed by atoms with Gasteiger partial charge in [-0.1, -0.05) is 15.9 Å². The minimum absolute atomic E-state index is 0.0118. The molecule has 0 fully saturated rings. The van der Waals surface area contributed by atoms with Crippen molar-refractivity contribution in [2.45, 2.75) is 32.1 Å². The number of hydrogen-bond donors (Lipinski definition) is 2. The number of fused-ring (bicyclic) bond motifs is 1. The van der Waals surface area contributed by atoms with Crippen LogP contribution in [0.2, 0.25) is 0 Å². The summed E-state index contributed by atoms with van der Waals surface area (Å²) in [5, 5.41) is 2.52. The number of aromatic amines is 1. The van der Waals surface area contributed by atoms with Gasteiger partial charge in [-0.15, -0.1) is 0 Å². The van der Waals surface area contributed by atoms with Gasteiger partial charge in [-0.2, -0.15) is 13.2 Å². The van der Waals surface area contributed by atoms with Crippen molar-refractivity contribution in [3.8, 4) is 5.69 Å². The van der Waals surface area contributed by atoms with Crippen molar-refractivity contribution in [1.82, 2.24) is 19.8 Å². The van der Waals surface area contributed by atoms with E-state index in [0.717, 1.165) is 6.07 Å². The second kappa shape index (κ2) is 9.66. The Morgan fingerprint density at radius 2 is 1.78 bits per heavy atom. The van der Waals surface area contributed by atoms with Crippen LogP contribution in [0.25, 0.3) is 5.69 Å². The van der Waals surface area contributed by atoms with Crippen LogP contribution < -0.4 is 10.9 Å². The zero-order valence-corrected chi connectivity index (χ0v) is 21.5. The van der Waals surface area contributed by atoms with E-state index >= 15 is 0 Å². The van der Waals surface area contributed by atoms with Gasteiger partial charge in [0.05, 0.1) is 17.8 Å². The van der Waals surface area contributed by atoms with Crippen molar-refractivity contribution in [3.63, 3.8) is 0 Å². The van der Waals surface area contributed by atoms with Crippen molar-refractivity contribution in [2.24, 2.45) is 0 Å². The van der Waals surface area contributed by atoms with E-state index in [-0.39, 0.29) is 39.2 Å². The van der Waals surface area contributed by atoms with Crippen molar-refractivity contribution in [3.05, 3.63) is 90.0 Å². The molecule has 2 N–H and O–H groups in total. The van der Waals surface area contributed by atoms with Crippen molar-refractivity contribution < 1.29 is 22.8 Å². The molecule has 0 saturated heterocycles. The lowest BCUT2D eigenvalue weighted by Crippen LogP contribution is -2.45. The Kier molecular flexibility index (Phi) is 6.93. The number of benzene rings is 2. The summed E-state index contributed by atoms with van der Waals surface area (Å²) >= 11 is 8.29. The van der Waals surface area contributed by atoms with Gasteiger partial charge in [-0.05, 0) is 68.0 Å². The van der Waals surface area contributed by atoms with Crippen LogP contribution in [0.4, 0.5) is 13.2 Å².